The second-order valence-electron chi connectivity index (χ2n) is 14.2. The number of piperazine rings is 1. The van der Waals surface area contributed by atoms with Crippen LogP contribution in [0, 0.1) is 3.57 Å². The van der Waals surface area contributed by atoms with Crippen molar-refractivity contribution in [2.45, 2.75) is 93.7 Å². The number of rotatable bonds is 5. The van der Waals surface area contributed by atoms with Crippen LogP contribution >= 0.6 is 22.6 Å². The van der Waals surface area contributed by atoms with Gasteiger partial charge in [-0.05, 0) is 98.0 Å². The molecule has 6 heterocycles. The van der Waals surface area contributed by atoms with Gasteiger partial charge in [-0.1, -0.05) is 12.1 Å². The summed E-state index contributed by atoms with van der Waals surface area (Å²) in [6.45, 7) is 4.75. The van der Waals surface area contributed by atoms with Crippen molar-refractivity contribution in [2.75, 3.05) is 42.6 Å². The molecule has 0 radical (unpaired) electrons. The molecule has 2 aromatic carbocycles. The van der Waals surface area contributed by atoms with Crippen molar-refractivity contribution < 1.29 is 14.2 Å². The van der Waals surface area contributed by atoms with E-state index < -0.39 is 5.67 Å². The number of anilines is 2. The number of halogens is 2. The molecule has 4 saturated heterocycles. The molecule has 0 spiro atoms. The summed E-state index contributed by atoms with van der Waals surface area (Å²) < 4.78 is 23.8. The molecule has 2 N–H and O–H groups in total. The molecular weight excluding hydrogens is 670 g/mol. The minimum absolute atomic E-state index is 0.0402. The molecule has 232 valence electrons. The number of nitrogens with zero attached hydrogens (tertiary/aromatic N) is 5. The highest BCUT2D eigenvalue weighted by Crippen LogP contribution is 2.55. The Kier molecular flexibility index (Phi) is 6.51. The molecule has 5 atom stereocenters. The third-order valence-corrected chi connectivity index (χ3v) is 12.5. The highest BCUT2D eigenvalue weighted by molar-refractivity contribution is 14.1. The minimum Gasteiger partial charge on any atom is -0.508 e. The smallest absolute Gasteiger partial charge is 0.318 e. The van der Waals surface area contributed by atoms with E-state index in [4.69, 9.17) is 14.7 Å². The van der Waals surface area contributed by atoms with E-state index in [0.29, 0.717) is 44.1 Å². The van der Waals surface area contributed by atoms with Crippen LogP contribution in [0.25, 0.3) is 10.8 Å². The van der Waals surface area contributed by atoms with Crippen molar-refractivity contribution in [3.05, 3.63) is 45.2 Å². The number of fused-ring (bicyclic) bond motifs is 7. The second-order valence-corrected chi connectivity index (χ2v) is 15.4. The number of hydrogen-bond donors (Lipinski definition) is 2. The van der Waals surface area contributed by atoms with Crippen LogP contribution in [-0.4, -0.2) is 82.1 Å². The van der Waals surface area contributed by atoms with E-state index >= 15 is 4.39 Å². The van der Waals surface area contributed by atoms with Crippen molar-refractivity contribution in [1.29, 1.82) is 0 Å². The summed E-state index contributed by atoms with van der Waals surface area (Å²) in [4.78, 5) is 17.5. The van der Waals surface area contributed by atoms with Crippen molar-refractivity contribution in [3.8, 4) is 11.8 Å². The molecule has 1 aliphatic carbocycles. The average Bonchev–Trinajstić information content (AvgIpc) is 3.73. The monoisotopic (exact) mass is 710 g/mol. The molecule has 5 aliphatic heterocycles. The molecule has 10 heteroatoms. The molecular formula is C34H40FIN6O2. The summed E-state index contributed by atoms with van der Waals surface area (Å²) in [6, 6.07) is 11.4. The van der Waals surface area contributed by atoms with E-state index in [2.05, 4.69) is 54.7 Å². The summed E-state index contributed by atoms with van der Waals surface area (Å²) in [5.41, 5.74) is 1.91. The first-order chi connectivity index (χ1) is 21.4. The Morgan fingerprint density at radius 2 is 1.91 bits per heavy atom. The van der Waals surface area contributed by atoms with Crippen LogP contribution in [-0.2, 0) is 13.0 Å². The van der Waals surface area contributed by atoms with Gasteiger partial charge in [-0.3, -0.25) is 4.90 Å². The SMILES string of the molecule is Oc1cc(N2CCc3c(nc(OC[C@@]45CCCN4[C@@H]4CCC[C@]4(F)C5)nc3N3CC4CCC(C3)N4)C2)c2c(I)cccc2c1. The third-order valence-electron chi connectivity index (χ3n) is 11.6. The van der Waals surface area contributed by atoms with Crippen LogP contribution in [0.1, 0.15) is 62.6 Å². The Hall–Kier alpha value is -2.44. The largest absolute Gasteiger partial charge is 0.508 e. The molecule has 5 fully saturated rings. The van der Waals surface area contributed by atoms with Gasteiger partial charge in [0, 0.05) is 70.5 Å². The standard InChI is InChI=1S/C34H40FIN6O2/c35-34-11-2-6-29(34)42-12-3-10-33(42,19-34)20-44-32-38-27-18-40(28-15-24(43)14-21-4-1-5-26(36)30(21)28)13-9-25(27)31(39-32)41-16-22-7-8-23(17-41)37-22/h1,4-5,14-15,22-23,29,37,43H,2-3,6-13,16-20H2/t22?,23?,29-,33+,34+/m1/s1. The average molecular weight is 711 g/mol. The predicted molar refractivity (Wildman–Crippen MR) is 178 cm³/mol. The quantitative estimate of drug-likeness (QED) is 0.345. The summed E-state index contributed by atoms with van der Waals surface area (Å²) in [7, 11) is 0. The fourth-order valence-corrected chi connectivity index (χ4v) is 10.5. The van der Waals surface area contributed by atoms with Gasteiger partial charge >= 0.3 is 6.01 Å². The summed E-state index contributed by atoms with van der Waals surface area (Å²) in [5, 5.41) is 16.6. The van der Waals surface area contributed by atoms with Gasteiger partial charge in [-0.15, -0.1) is 0 Å². The molecule has 6 aliphatic rings. The van der Waals surface area contributed by atoms with Crippen LogP contribution < -0.4 is 19.9 Å². The zero-order valence-electron chi connectivity index (χ0n) is 25.1. The molecule has 44 heavy (non-hydrogen) atoms. The van der Waals surface area contributed by atoms with Crippen LogP contribution in [0.3, 0.4) is 0 Å². The van der Waals surface area contributed by atoms with E-state index in [-0.39, 0.29) is 17.3 Å². The lowest BCUT2D eigenvalue weighted by atomic mass is 9.88. The van der Waals surface area contributed by atoms with E-state index in [1.165, 1.54) is 18.4 Å². The van der Waals surface area contributed by atoms with E-state index in [0.717, 1.165) is 89.8 Å². The Morgan fingerprint density at radius 1 is 1.05 bits per heavy atom. The van der Waals surface area contributed by atoms with Gasteiger partial charge in [0.25, 0.3) is 0 Å². The molecule has 8 nitrogen and oxygen atoms in total. The maximum Gasteiger partial charge on any atom is 0.318 e. The Bertz CT molecular complexity index is 1630. The predicted octanol–water partition coefficient (Wildman–Crippen LogP) is 5.32. The highest BCUT2D eigenvalue weighted by atomic mass is 127. The number of phenols is 1. The van der Waals surface area contributed by atoms with Gasteiger partial charge in [-0.2, -0.15) is 9.97 Å². The molecule has 9 rings (SSSR count). The van der Waals surface area contributed by atoms with Crippen molar-refractivity contribution in [3.63, 3.8) is 0 Å². The molecule has 2 unspecified atom stereocenters. The Labute approximate surface area is 271 Å². The topological polar surface area (TPSA) is 77.0 Å². The number of benzene rings is 2. The summed E-state index contributed by atoms with van der Waals surface area (Å²) in [6.07, 6.45) is 8.52. The molecule has 0 amide bonds. The molecule has 2 bridgehead atoms. The molecule has 3 aromatic rings. The zero-order valence-corrected chi connectivity index (χ0v) is 27.2. The fraction of sp³-hybridized carbons (Fsp3) is 0.588. The Balaban J connectivity index is 1.07. The van der Waals surface area contributed by atoms with Crippen molar-refractivity contribution >= 4 is 44.9 Å². The van der Waals surface area contributed by atoms with Crippen LogP contribution in [0.15, 0.2) is 30.3 Å². The van der Waals surface area contributed by atoms with Gasteiger partial charge in [0.1, 0.15) is 23.8 Å². The lowest BCUT2D eigenvalue weighted by Crippen LogP contribution is -2.52. The summed E-state index contributed by atoms with van der Waals surface area (Å²) in [5.74, 6) is 1.29. The summed E-state index contributed by atoms with van der Waals surface area (Å²) >= 11 is 2.40. The van der Waals surface area contributed by atoms with Crippen LogP contribution in [0.5, 0.6) is 11.8 Å². The first-order valence-corrected chi connectivity index (χ1v) is 17.6. The van der Waals surface area contributed by atoms with E-state index in [1.807, 2.05) is 18.2 Å². The maximum atomic E-state index is 16.0. The number of phenolic OH excluding ortho intramolecular Hbond substituents is 1. The van der Waals surface area contributed by atoms with E-state index in [1.54, 1.807) is 0 Å². The minimum atomic E-state index is -1.08. The van der Waals surface area contributed by atoms with Crippen molar-refractivity contribution in [2.24, 2.45) is 0 Å². The lowest BCUT2D eigenvalue weighted by Gasteiger charge is -2.38. The highest BCUT2D eigenvalue weighted by Gasteiger charge is 2.63. The molecule has 1 saturated carbocycles. The van der Waals surface area contributed by atoms with Crippen molar-refractivity contribution in [1.82, 2.24) is 20.2 Å². The number of aromatic nitrogens is 2. The lowest BCUT2D eigenvalue weighted by molar-refractivity contribution is 0.0808. The van der Waals surface area contributed by atoms with Gasteiger partial charge in [0.15, 0.2) is 0 Å². The van der Waals surface area contributed by atoms with Gasteiger partial charge < -0.3 is 25.0 Å². The number of alkyl halides is 1. The van der Waals surface area contributed by atoms with Gasteiger partial charge in [-0.25, -0.2) is 4.39 Å². The zero-order chi connectivity index (χ0) is 29.6. The van der Waals surface area contributed by atoms with Crippen LogP contribution in [0.2, 0.25) is 0 Å². The fourth-order valence-electron chi connectivity index (χ4n) is 9.73. The first-order valence-electron chi connectivity index (χ1n) is 16.5. The number of nitrogens with one attached hydrogen (secondary N) is 1. The second kappa shape index (κ2) is 10.3. The number of aromatic hydroxyl groups is 1. The maximum absolute atomic E-state index is 16.0. The third kappa shape index (κ3) is 4.40. The number of ether oxygens (including phenoxy) is 1. The van der Waals surface area contributed by atoms with Gasteiger partial charge in [0.2, 0.25) is 0 Å². The van der Waals surface area contributed by atoms with Gasteiger partial charge in [0.05, 0.1) is 17.8 Å². The number of hydrogen-bond acceptors (Lipinski definition) is 8. The van der Waals surface area contributed by atoms with Crippen LogP contribution in [0.4, 0.5) is 15.9 Å². The normalized spacial score (nSPS) is 32.7. The molecule has 1 aromatic heterocycles. The first kappa shape index (κ1) is 27.8. The van der Waals surface area contributed by atoms with E-state index in [9.17, 15) is 5.11 Å². The Morgan fingerprint density at radius 3 is 2.77 bits per heavy atom.